The lowest BCUT2D eigenvalue weighted by molar-refractivity contribution is -0.125. The van der Waals surface area contributed by atoms with Crippen molar-refractivity contribution in [2.24, 2.45) is 11.8 Å². The van der Waals surface area contributed by atoms with Gasteiger partial charge in [-0.2, -0.15) is 0 Å². The number of hydrogen-bond donors (Lipinski definition) is 1. The Balaban J connectivity index is 2.54. The summed E-state index contributed by atoms with van der Waals surface area (Å²) in [6.45, 7) is 10.4. The topological polar surface area (TPSA) is 38.3 Å². The van der Waals surface area contributed by atoms with Gasteiger partial charge in [0.25, 0.3) is 0 Å². The third kappa shape index (κ3) is 2.16. The highest BCUT2D eigenvalue weighted by molar-refractivity contribution is 5.80. The van der Waals surface area contributed by atoms with Crippen molar-refractivity contribution >= 4 is 5.91 Å². The van der Waals surface area contributed by atoms with Gasteiger partial charge in [-0.15, -0.1) is 6.58 Å². The molecule has 1 saturated heterocycles. The van der Waals surface area contributed by atoms with E-state index in [4.69, 9.17) is 4.74 Å². The molecule has 1 rings (SSSR count). The summed E-state index contributed by atoms with van der Waals surface area (Å²) in [5.74, 6) is 0.869. The molecule has 3 heteroatoms. The van der Waals surface area contributed by atoms with Gasteiger partial charge in [-0.3, -0.25) is 4.79 Å². The van der Waals surface area contributed by atoms with Gasteiger partial charge in [0.15, 0.2) is 0 Å². The fourth-order valence-electron chi connectivity index (χ4n) is 1.72. The summed E-state index contributed by atoms with van der Waals surface area (Å²) in [7, 11) is 0. The van der Waals surface area contributed by atoms with Gasteiger partial charge in [0.2, 0.25) is 5.91 Å². The van der Waals surface area contributed by atoms with Gasteiger partial charge >= 0.3 is 0 Å². The van der Waals surface area contributed by atoms with E-state index in [1.807, 2.05) is 6.92 Å². The second-order valence-corrected chi connectivity index (χ2v) is 3.43. The fraction of sp³-hybridized carbons (Fsp3) is 0.545. The highest BCUT2D eigenvalue weighted by atomic mass is 16.5. The first-order chi connectivity index (χ1) is 6.70. The normalized spacial score (nSPS) is 25.6. The van der Waals surface area contributed by atoms with Crippen LogP contribution in [0.3, 0.4) is 0 Å². The first kappa shape index (κ1) is 10.8. The zero-order valence-electron chi connectivity index (χ0n) is 8.58. The average Bonchev–Trinajstić information content (AvgIpc) is 2.55. The molecule has 1 heterocycles. The minimum atomic E-state index is -0.0764. The Morgan fingerprint density at radius 1 is 1.79 bits per heavy atom. The molecule has 14 heavy (non-hydrogen) atoms. The largest absolute Gasteiger partial charge is 0.497 e. The lowest BCUT2D eigenvalue weighted by Gasteiger charge is -2.13. The zero-order valence-corrected chi connectivity index (χ0v) is 8.58. The molecule has 0 aromatic heterocycles. The lowest BCUT2D eigenvalue weighted by Crippen LogP contribution is -2.34. The van der Waals surface area contributed by atoms with E-state index in [0.717, 1.165) is 12.2 Å². The number of nitrogens with one attached hydrogen (secondary N) is 1. The van der Waals surface area contributed by atoms with Crippen LogP contribution in [0.15, 0.2) is 25.0 Å². The smallest absolute Gasteiger partial charge is 0.227 e. The molecule has 1 N–H and O–H groups in total. The summed E-state index contributed by atoms with van der Waals surface area (Å²) in [4.78, 5) is 11.6. The van der Waals surface area contributed by atoms with Crippen LogP contribution in [-0.4, -0.2) is 19.1 Å². The third-order valence-corrected chi connectivity index (χ3v) is 2.54. The quantitative estimate of drug-likeness (QED) is 0.690. The minimum absolute atomic E-state index is 0.0374. The van der Waals surface area contributed by atoms with Crippen molar-refractivity contribution in [1.29, 1.82) is 0 Å². The number of rotatable bonds is 4. The standard InChI is InChI=1S/C11H17NO2/c1-4-6-12-11(13)10-7-14-8(3)9(10)5-2/h4,9-10H,1,3,5-7H2,2H3,(H,12,13). The minimum Gasteiger partial charge on any atom is -0.497 e. The average molecular weight is 195 g/mol. The van der Waals surface area contributed by atoms with Crippen molar-refractivity contribution in [2.45, 2.75) is 13.3 Å². The molecule has 78 valence electrons. The van der Waals surface area contributed by atoms with Crippen molar-refractivity contribution in [3.63, 3.8) is 0 Å². The fourth-order valence-corrected chi connectivity index (χ4v) is 1.72. The van der Waals surface area contributed by atoms with Gasteiger partial charge in [0.1, 0.15) is 6.61 Å². The second-order valence-electron chi connectivity index (χ2n) is 3.43. The number of allylic oxidation sites excluding steroid dienone is 1. The number of carbonyl (C=O) groups excluding carboxylic acids is 1. The van der Waals surface area contributed by atoms with Crippen molar-refractivity contribution in [2.75, 3.05) is 13.2 Å². The third-order valence-electron chi connectivity index (χ3n) is 2.54. The molecule has 1 fully saturated rings. The van der Waals surface area contributed by atoms with Gasteiger partial charge in [-0.1, -0.05) is 19.6 Å². The van der Waals surface area contributed by atoms with Gasteiger partial charge in [-0.05, 0) is 6.42 Å². The Kier molecular flexibility index (Phi) is 3.74. The van der Waals surface area contributed by atoms with Crippen molar-refractivity contribution in [1.82, 2.24) is 5.32 Å². The Morgan fingerprint density at radius 2 is 2.50 bits per heavy atom. The van der Waals surface area contributed by atoms with Crippen LogP contribution in [0.4, 0.5) is 0 Å². The Bertz CT molecular complexity index is 248. The Hall–Kier alpha value is -1.25. The van der Waals surface area contributed by atoms with Gasteiger partial charge in [-0.25, -0.2) is 0 Å². The molecule has 0 aromatic rings. The molecule has 0 aliphatic carbocycles. The molecule has 0 spiro atoms. The molecule has 3 nitrogen and oxygen atoms in total. The molecule has 0 saturated carbocycles. The molecule has 0 bridgehead atoms. The number of hydrogen-bond acceptors (Lipinski definition) is 2. The maximum absolute atomic E-state index is 11.6. The lowest BCUT2D eigenvalue weighted by atomic mass is 9.91. The van der Waals surface area contributed by atoms with Crippen molar-refractivity contribution in [3.05, 3.63) is 25.0 Å². The summed E-state index contributed by atoms with van der Waals surface area (Å²) in [5.41, 5.74) is 0. The van der Waals surface area contributed by atoms with Gasteiger partial charge < -0.3 is 10.1 Å². The van der Waals surface area contributed by atoms with E-state index in [-0.39, 0.29) is 17.7 Å². The van der Waals surface area contributed by atoms with E-state index in [0.29, 0.717) is 13.2 Å². The molecule has 0 radical (unpaired) electrons. The summed E-state index contributed by atoms with van der Waals surface area (Å²) in [5, 5.41) is 2.78. The van der Waals surface area contributed by atoms with Crippen LogP contribution in [0, 0.1) is 11.8 Å². The molecule has 2 unspecified atom stereocenters. The number of amides is 1. The van der Waals surface area contributed by atoms with E-state index < -0.39 is 0 Å². The number of ether oxygens (including phenoxy) is 1. The molecular weight excluding hydrogens is 178 g/mol. The van der Waals surface area contributed by atoms with Crippen LogP contribution in [-0.2, 0) is 9.53 Å². The van der Waals surface area contributed by atoms with E-state index in [9.17, 15) is 4.79 Å². The van der Waals surface area contributed by atoms with Crippen LogP contribution in [0.25, 0.3) is 0 Å². The van der Waals surface area contributed by atoms with Crippen LogP contribution in [0.2, 0.25) is 0 Å². The molecule has 1 aliphatic heterocycles. The maximum atomic E-state index is 11.6. The van der Waals surface area contributed by atoms with Crippen LogP contribution < -0.4 is 5.32 Å². The Morgan fingerprint density at radius 3 is 3.07 bits per heavy atom. The van der Waals surface area contributed by atoms with Gasteiger partial charge in [0, 0.05) is 12.5 Å². The highest BCUT2D eigenvalue weighted by Gasteiger charge is 2.35. The first-order valence-electron chi connectivity index (χ1n) is 4.90. The highest BCUT2D eigenvalue weighted by Crippen LogP contribution is 2.31. The molecule has 1 amide bonds. The summed E-state index contributed by atoms with van der Waals surface area (Å²) in [6, 6.07) is 0. The summed E-state index contributed by atoms with van der Waals surface area (Å²) in [6.07, 6.45) is 2.56. The first-order valence-corrected chi connectivity index (χ1v) is 4.90. The van der Waals surface area contributed by atoms with E-state index in [1.54, 1.807) is 6.08 Å². The van der Waals surface area contributed by atoms with E-state index >= 15 is 0 Å². The van der Waals surface area contributed by atoms with Crippen LogP contribution >= 0.6 is 0 Å². The molecular formula is C11H17NO2. The van der Waals surface area contributed by atoms with E-state index in [1.165, 1.54) is 0 Å². The van der Waals surface area contributed by atoms with Crippen molar-refractivity contribution < 1.29 is 9.53 Å². The van der Waals surface area contributed by atoms with Crippen LogP contribution in [0.1, 0.15) is 13.3 Å². The maximum Gasteiger partial charge on any atom is 0.227 e. The predicted octanol–water partition coefficient (Wildman–Crippen LogP) is 1.47. The second kappa shape index (κ2) is 4.84. The van der Waals surface area contributed by atoms with E-state index in [2.05, 4.69) is 18.5 Å². The summed E-state index contributed by atoms with van der Waals surface area (Å²) < 4.78 is 5.29. The zero-order chi connectivity index (χ0) is 10.6. The number of carbonyl (C=O) groups is 1. The monoisotopic (exact) mass is 195 g/mol. The Labute approximate surface area is 84.8 Å². The summed E-state index contributed by atoms with van der Waals surface area (Å²) >= 11 is 0. The van der Waals surface area contributed by atoms with Crippen LogP contribution in [0.5, 0.6) is 0 Å². The molecule has 0 aromatic carbocycles. The molecule has 2 atom stereocenters. The SMILES string of the molecule is C=CCNC(=O)C1COC(=C)C1CC. The van der Waals surface area contributed by atoms with Gasteiger partial charge in [0.05, 0.1) is 11.7 Å². The van der Waals surface area contributed by atoms with Crippen molar-refractivity contribution in [3.8, 4) is 0 Å². The predicted molar refractivity (Wildman–Crippen MR) is 55.6 cm³/mol. The molecule has 1 aliphatic rings.